The molecule has 134 valence electrons. The Morgan fingerprint density at radius 3 is 1.04 bits per heavy atom. The van der Waals surface area contributed by atoms with Gasteiger partial charge in [-0.2, -0.15) is 0 Å². The van der Waals surface area contributed by atoms with Gasteiger partial charge in [-0.15, -0.1) is 11.1 Å². The molecule has 0 amide bonds. The minimum atomic E-state index is -2.63. The number of benzene rings is 3. The van der Waals surface area contributed by atoms with E-state index in [2.05, 4.69) is 96.1 Å². The number of rotatable bonds is 3. The van der Waals surface area contributed by atoms with Crippen LogP contribution >= 0.6 is 11.1 Å². The summed E-state index contributed by atoms with van der Waals surface area (Å²) in [6.45, 7) is 13.2. The van der Waals surface area contributed by atoms with Crippen LogP contribution in [0.25, 0.3) is 0 Å². The van der Waals surface area contributed by atoms with E-state index >= 15 is 0 Å². The molecule has 0 N–H and O–H groups in total. The van der Waals surface area contributed by atoms with Crippen molar-refractivity contribution in [3.05, 3.63) is 88.0 Å². The lowest BCUT2D eigenvalue weighted by Crippen LogP contribution is -2.65. The van der Waals surface area contributed by atoms with Gasteiger partial charge in [-0.1, -0.05) is 54.6 Å². The maximum absolute atomic E-state index is 7.79. The van der Waals surface area contributed by atoms with Crippen molar-refractivity contribution in [3.8, 4) is 0 Å². The summed E-state index contributed by atoms with van der Waals surface area (Å²) in [6, 6.07) is 19.7. The predicted octanol–water partition coefficient (Wildman–Crippen LogP) is 4.74. The fourth-order valence-electron chi connectivity index (χ4n) is 3.81. The van der Waals surface area contributed by atoms with Gasteiger partial charge in [-0.05, 0) is 90.5 Å². The van der Waals surface area contributed by atoms with E-state index in [-0.39, 0.29) is 0 Å². The third-order valence-electron chi connectivity index (χ3n) is 5.93. The topological polar surface area (TPSA) is 0 Å². The molecule has 0 aliphatic rings. The second-order valence-electron chi connectivity index (χ2n) is 7.40. The van der Waals surface area contributed by atoms with Crippen molar-refractivity contribution < 1.29 is 0 Å². The Morgan fingerprint density at radius 2 is 0.769 bits per heavy atom. The van der Waals surface area contributed by atoms with Gasteiger partial charge in [0.25, 0.3) is 0 Å². The smallest absolute Gasteiger partial charge is 0.149 e. The van der Waals surface area contributed by atoms with Crippen LogP contribution in [0, 0.1) is 41.5 Å². The number of hydrogen-bond donors (Lipinski definition) is 0. The van der Waals surface area contributed by atoms with Crippen LogP contribution in [0.2, 0.25) is 0 Å². The molecule has 0 unspecified atom stereocenters. The summed E-state index contributed by atoms with van der Waals surface area (Å²) in [5.74, 6) is 0. The highest BCUT2D eigenvalue weighted by atomic mass is 35.6. The summed E-state index contributed by atoms with van der Waals surface area (Å²) in [5, 5.41) is 3.92. The summed E-state index contributed by atoms with van der Waals surface area (Å²) in [7, 11) is -2.63. The van der Waals surface area contributed by atoms with Gasteiger partial charge in [-0.3, -0.25) is 0 Å². The SMILES string of the molecule is Cc1cccc([Si](Cl)(c2cccc(C)c2C)c2cccc(C)c2C)c1C. The maximum Gasteiger partial charge on any atom is 0.248 e. The van der Waals surface area contributed by atoms with Gasteiger partial charge in [0.05, 0.1) is 0 Å². The molecule has 0 nitrogen and oxygen atoms in total. The van der Waals surface area contributed by atoms with Crippen molar-refractivity contribution in [1.29, 1.82) is 0 Å². The van der Waals surface area contributed by atoms with Crippen molar-refractivity contribution in [2.75, 3.05) is 0 Å². The molecule has 0 saturated carbocycles. The summed E-state index contributed by atoms with van der Waals surface area (Å²) in [6.07, 6.45) is 0. The molecule has 0 aliphatic heterocycles. The van der Waals surface area contributed by atoms with Gasteiger partial charge in [0.1, 0.15) is 0 Å². The largest absolute Gasteiger partial charge is 0.248 e. The molecule has 0 aromatic heterocycles. The van der Waals surface area contributed by atoms with Crippen molar-refractivity contribution in [3.63, 3.8) is 0 Å². The van der Waals surface area contributed by atoms with E-state index < -0.39 is 7.38 Å². The quantitative estimate of drug-likeness (QED) is 0.350. The molecule has 0 radical (unpaired) electrons. The normalized spacial score (nSPS) is 11.7. The fourth-order valence-corrected chi connectivity index (χ4v) is 9.64. The molecular weight excluding hydrogens is 352 g/mol. The van der Waals surface area contributed by atoms with Crippen LogP contribution in [0.3, 0.4) is 0 Å². The van der Waals surface area contributed by atoms with Crippen LogP contribution in [0.4, 0.5) is 0 Å². The van der Waals surface area contributed by atoms with Crippen molar-refractivity contribution in [2.24, 2.45) is 0 Å². The molecule has 26 heavy (non-hydrogen) atoms. The first-order chi connectivity index (χ1) is 12.3. The predicted molar refractivity (Wildman–Crippen MR) is 118 cm³/mol. The van der Waals surface area contributed by atoms with Crippen molar-refractivity contribution in [1.82, 2.24) is 0 Å². The van der Waals surface area contributed by atoms with E-state index in [9.17, 15) is 0 Å². The van der Waals surface area contributed by atoms with Crippen molar-refractivity contribution in [2.45, 2.75) is 41.5 Å². The first-order valence-corrected chi connectivity index (χ1v) is 12.2. The Balaban J connectivity index is 2.46. The third kappa shape index (κ3) is 2.94. The van der Waals surface area contributed by atoms with Crippen LogP contribution in [-0.2, 0) is 0 Å². The molecule has 0 atom stereocenters. The molecule has 0 heterocycles. The molecule has 0 fully saturated rings. The van der Waals surface area contributed by atoms with Crippen LogP contribution in [0.15, 0.2) is 54.6 Å². The molecule has 0 saturated heterocycles. The number of hydrogen-bond acceptors (Lipinski definition) is 0. The Bertz CT molecular complexity index is 847. The molecule has 0 aliphatic carbocycles. The molecular formula is C24H27ClSi. The van der Waals surface area contributed by atoms with Gasteiger partial charge in [0.2, 0.25) is 7.38 Å². The molecule has 3 aromatic rings. The minimum Gasteiger partial charge on any atom is -0.149 e. The highest BCUT2D eigenvalue weighted by molar-refractivity contribution is 7.40. The monoisotopic (exact) mass is 378 g/mol. The van der Waals surface area contributed by atoms with E-state index in [1.165, 1.54) is 48.9 Å². The zero-order valence-electron chi connectivity index (χ0n) is 16.6. The van der Waals surface area contributed by atoms with E-state index in [1.807, 2.05) is 0 Å². The first-order valence-electron chi connectivity index (χ1n) is 9.17. The number of aryl methyl sites for hydroxylation is 3. The first kappa shape index (κ1) is 18.9. The minimum absolute atomic E-state index is 1.30. The van der Waals surface area contributed by atoms with Crippen LogP contribution in [0.1, 0.15) is 33.4 Å². The van der Waals surface area contributed by atoms with Crippen LogP contribution < -0.4 is 15.6 Å². The Labute approximate surface area is 163 Å². The molecule has 0 spiro atoms. The van der Waals surface area contributed by atoms with E-state index in [4.69, 9.17) is 11.1 Å². The highest BCUT2D eigenvalue weighted by Crippen LogP contribution is 2.21. The highest BCUT2D eigenvalue weighted by Gasteiger charge is 2.41. The fraction of sp³-hybridized carbons (Fsp3) is 0.250. The molecule has 3 rings (SSSR count). The van der Waals surface area contributed by atoms with Gasteiger partial charge >= 0.3 is 0 Å². The standard InChI is InChI=1S/C24H27ClSi/c1-16-10-7-13-22(19(16)4)26(25,23-14-8-11-17(2)20(23)5)24-15-9-12-18(3)21(24)6/h7-15H,1-6H3. The molecule has 0 bridgehead atoms. The summed E-state index contributed by atoms with van der Waals surface area (Å²) < 4.78 is 0. The Hall–Kier alpha value is -1.83. The van der Waals surface area contributed by atoms with Gasteiger partial charge in [0.15, 0.2) is 0 Å². The van der Waals surface area contributed by atoms with Gasteiger partial charge in [-0.25, -0.2) is 0 Å². The number of halogens is 1. The lowest BCUT2D eigenvalue weighted by atomic mass is 10.1. The Kier molecular flexibility index (Phi) is 5.14. The average molecular weight is 379 g/mol. The van der Waals surface area contributed by atoms with E-state index in [1.54, 1.807) is 0 Å². The molecule has 3 aromatic carbocycles. The second-order valence-corrected chi connectivity index (χ2v) is 12.0. The Morgan fingerprint density at radius 1 is 0.500 bits per heavy atom. The lowest BCUT2D eigenvalue weighted by Gasteiger charge is -2.32. The summed E-state index contributed by atoms with van der Waals surface area (Å²) in [4.78, 5) is 0. The lowest BCUT2D eigenvalue weighted by molar-refractivity contribution is 1.34. The maximum atomic E-state index is 7.79. The summed E-state index contributed by atoms with van der Waals surface area (Å²) in [5.41, 5.74) is 7.85. The van der Waals surface area contributed by atoms with Crippen molar-refractivity contribution >= 4 is 34.0 Å². The molecule has 2 heteroatoms. The van der Waals surface area contributed by atoms with Crippen LogP contribution in [0.5, 0.6) is 0 Å². The van der Waals surface area contributed by atoms with Gasteiger partial charge in [0, 0.05) is 0 Å². The van der Waals surface area contributed by atoms with E-state index in [0.29, 0.717) is 0 Å². The zero-order valence-corrected chi connectivity index (χ0v) is 18.3. The van der Waals surface area contributed by atoms with Gasteiger partial charge < -0.3 is 0 Å². The van der Waals surface area contributed by atoms with Crippen LogP contribution in [-0.4, -0.2) is 7.38 Å². The zero-order chi connectivity index (χ0) is 19.1. The van der Waals surface area contributed by atoms with E-state index in [0.717, 1.165) is 0 Å². The average Bonchev–Trinajstić information content (AvgIpc) is 2.61. The second kappa shape index (κ2) is 7.06. The third-order valence-corrected chi connectivity index (χ3v) is 11.6. The summed E-state index contributed by atoms with van der Waals surface area (Å²) >= 11 is 7.79.